The van der Waals surface area contributed by atoms with Crippen LogP contribution < -0.4 is 0 Å². The number of carboxylic acid groups (broad SMARTS) is 1. The molecule has 13 nitrogen and oxygen atoms in total. The molecule has 0 radical (unpaired) electrons. The normalized spacial score (nSPS) is 25.1. The lowest BCUT2D eigenvalue weighted by atomic mass is 9.70. The molecule has 0 spiro atoms. The van der Waals surface area contributed by atoms with E-state index in [9.17, 15) is 25.2 Å². The molecule has 0 aliphatic carbocycles. The largest absolute Gasteiger partial charge is 0.479 e. The second-order valence-electron chi connectivity index (χ2n) is 17.8. The van der Waals surface area contributed by atoms with Crippen LogP contribution in [0, 0.1) is 11.3 Å². The summed E-state index contributed by atoms with van der Waals surface area (Å²) in [7, 11) is 1.56. The van der Waals surface area contributed by atoms with Gasteiger partial charge in [0.05, 0.1) is 36.6 Å². The lowest BCUT2D eigenvalue weighted by Gasteiger charge is -2.56. The number of rotatable bonds is 27. The van der Waals surface area contributed by atoms with Crippen molar-refractivity contribution in [2.24, 2.45) is 11.3 Å². The fourth-order valence-corrected chi connectivity index (χ4v) is 11.1. The maximum absolute atomic E-state index is 13.0. The Bertz CT molecular complexity index is 1170. The Morgan fingerprint density at radius 1 is 0.964 bits per heavy atom. The Kier molecular flexibility index (Phi) is 22.1. The molecule has 4 N–H and O–H groups in total. The summed E-state index contributed by atoms with van der Waals surface area (Å²) >= 11 is 0. The molecule has 1 fully saturated rings. The summed E-state index contributed by atoms with van der Waals surface area (Å²) in [6, 6.07) is 2.41. The molecule has 0 saturated carbocycles. The SMILES string of the molecule is CCC(/C=C(/C)[C@@H](O)C[C@@H](C[C@@H](O)C(C)(C)C1(O)O[C@H](C[C@H](OC)[C@@H](OCOC)C(=O)O)C[C@H](OC)[C@@H]1O[Si](CC)(CC)CC)OC)CO[Si](C)(C)C(C)(C)C. The van der Waals surface area contributed by atoms with Crippen LogP contribution in [0.3, 0.4) is 0 Å². The molecule has 0 aromatic heterocycles. The van der Waals surface area contributed by atoms with E-state index in [1.165, 1.54) is 14.2 Å². The smallest absolute Gasteiger partial charge is 0.335 e. The van der Waals surface area contributed by atoms with Gasteiger partial charge in [0, 0.05) is 66.1 Å². The molecule has 10 atom stereocenters. The summed E-state index contributed by atoms with van der Waals surface area (Å²) in [6.07, 6.45) is -3.79. The van der Waals surface area contributed by atoms with Crippen molar-refractivity contribution < 1.29 is 62.5 Å². The molecule has 0 aromatic carbocycles. The molecule has 1 saturated heterocycles. The van der Waals surface area contributed by atoms with Crippen molar-refractivity contribution in [3.63, 3.8) is 0 Å². The van der Waals surface area contributed by atoms with Gasteiger partial charge in [0.25, 0.3) is 0 Å². The first-order valence-electron chi connectivity index (χ1n) is 20.6. The zero-order chi connectivity index (χ0) is 43.3. The van der Waals surface area contributed by atoms with Crippen molar-refractivity contribution in [1.29, 1.82) is 0 Å². The summed E-state index contributed by atoms with van der Waals surface area (Å²) in [6.45, 7) is 25.2. The molecule has 0 aromatic rings. The summed E-state index contributed by atoms with van der Waals surface area (Å²) in [5, 5.41) is 46.5. The number of aliphatic hydroxyl groups excluding tert-OH is 2. The maximum Gasteiger partial charge on any atom is 0.335 e. The molecule has 2 unspecified atom stereocenters. The van der Waals surface area contributed by atoms with Crippen molar-refractivity contribution in [2.45, 2.75) is 192 Å². The Labute approximate surface area is 341 Å². The minimum Gasteiger partial charge on any atom is -0.479 e. The van der Waals surface area contributed by atoms with Gasteiger partial charge in [0.2, 0.25) is 5.79 Å². The number of carbonyl (C=O) groups is 1. The Balaban J connectivity index is 3.50. The average Bonchev–Trinajstić information content (AvgIpc) is 3.14. The molecular formula is C41H82O13Si2. The van der Waals surface area contributed by atoms with Crippen LogP contribution in [0.2, 0.25) is 36.3 Å². The first-order valence-corrected chi connectivity index (χ1v) is 26.0. The molecule has 1 aliphatic heterocycles. The molecule has 56 heavy (non-hydrogen) atoms. The standard InChI is InChI=1S/C41H82O13Si2/c1-17-29(26-52-55(15,16)39(6,7)8)21-28(5)32(42)22-30(48-12)25-35(43)40(9,10)41(46)37(54-56(18-2,19-3)20-4)34(50-14)24-31(53-41)23-33(49-13)36(38(44)45)51-27-47-11/h21,29-37,42-43,46H,17-20,22-27H2,1-16H3,(H,44,45)/b28-21-/t29?,30-,31+,32-,33-,34-,35+,36+,37-,41?/m0/s1. The van der Waals surface area contributed by atoms with Gasteiger partial charge in [-0.2, -0.15) is 0 Å². The van der Waals surface area contributed by atoms with Crippen molar-refractivity contribution in [3.8, 4) is 0 Å². The second kappa shape index (κ2) is 23.3. The minimum atomic E-state index is -2.40. The average molecular weight is 839 g/mol. The van der Waals surface area contributed by atoms with Gasteiger partial charge in [-0.15, -0.1) is 0 Å². The van der Waals surface area contributed by atoms with Crippen molar-refractivity contribution in [3.05, 3.63) is 11.6 Å². The molecule has 15 heteroatoms. The number of hydrogen-bond donors (Lipinski definition) is 4. The van der Waals surface area contributed by atoms with Crippen LogP contribution in [-0.4, -0.2) is 139 Å². The van der Waals surface area contributed by atoms with E-state index < -0.39 is 82.6 Å². The van der Waals surface area contributed by atoms with Gasteiger partial charge in [0.15, 0.2) is 22.7 Å². The topological polar surface area (TPSA) is 172 Å². The predicted molar refractivity (Wildman–Crippen MR) is 224 cm³/mol. The molecule has 332 valence electrons. The summed E-state index contributed by atoms with van der Waals surface area (Å²) < 4.78 is 48.1. The van der Waals surface area contributed by atoms with E-state index in [4.69, 9.17) is 37.3 Å². The Morgan fingerprint density at radius 2 is 1.55 bits per heavy atom. The molecular weight excluding hydrogens is 757 g/mol. The second-order valence-corrected chi connectivity index (χ2v) is 27.3. The highest BCUT2D eigenvalue weighted by Crippen LogP contribution is 2.49. The van der Waals surface area contributed by atoms with Crippen LogP contribution in [0.4, 0.5) is 0 Å². The maximum atomic E-state index is 13.0. The van der Waals surface area contributed by atoms with E-state index in [0.29, 0.717) is 6.61 Å². The number of aliphatic hydroxyl groups is 3. The fraction of sp³-hybridized carbons (Fsp3) is 0.927. The summed E-state index contributed by atoms with van der Waals surface area (Å²) in [4.78, 5) is 12.2. The first-order chi connectivity index (χ1) is 25.9. The van der Waals surface area contributed by atoms with Gasteiger partial charge in [-0.1, -0.05) is 68.4 Å². The lowest BCUT2D eigenvalue weighted by Crippen LogP contribution is -2.70. The van der Waals surface area contributed by atoms with Crippen molar-refractivity contribution in [1.82, 2.24) is 0 Å². The van der Waals surface area contributed by atoms with Crippen LogP contribution in [0.5, 0.6) is 0 Å². The number of carboxylic acids is 1. The zero-order valence-electron chi connectivity index (χ0n) is 37.8. The fourth-order valence-electron chi connectivity index (χ4n) is 7.20. The van der Waals surface area contributed by atoms with Gasteiger partial charge in [-0.05, 0) is 61.1 Å². The van der Waals surface area contributed by atoms with Gasteiger partial charge >= 0.3 is 5.97 Å². The van der Waals surface area contributed by atoms with Crippen molar-refractivity contribution >= 4 is 22.6 Å². The highest BCUT2D eigenvalue weighted by atomic mass is 28.4. The van der Waals surface area contributed by atoms with E-state index in [1.807, 2.05) is 6.92 Å². The summed E-state index contributed by atoms with van der Waals surface area (Å²) in [5.74, 6) is -3.20. The molecule has 0 bridgehead atoms. The third kappa shape index (κ3) is 13.9. The molecule has 1 rings (SSSR count). The zero-order valence-corrected chi connectivity index (χ0v) is 39.8. The van der Waals surface area contributed by atoms with Gasteiger partial charge < -0.3 is 57.7 Å². The van der Waals surface area contributed by atoms with Crippen LogP contribution >= 0.6 is 0 Å². The Hall–Kier alpha value is -0.796. The number of methoxy groups -OCH3 is 4. The van der Waals surface area contributed by atoms with E-state index >= 15 is 0 Å². The van der Waals surface area contributed by atoms with Gasteiger partial charge in [0.1, 0.15) is 12.9 Å². The minimum absolute atomic E-state index is 0.0360. The highest BCUT2D eigenvalue weighted by Gasteiger charge is 2.62. The van der Waals surface area contributed by atoms with Crippen LogP contribution in [0.25, 0.3) is 0 Å². The summed E-state index contributed by atoms with van der Waals surface area (Å²) in [5.41, 5.74) is -0.577. The highest BCUT2D eigenvalue weighted by molar-refractivity contribution is 6.74. The number of aliphatic carboxylic acids is 1. The van der Waals surface area contributed by atoms with Crippen LogP contribution in [0.15, 0.2) is 11.6 Å². The third-order valence-electron chi connectivity index (χ3n) is 13.0. The predicted octanol–water partition coefficient (Wildman–Crippen LogP) is 6.89. The molecule has 1 heterocycles. The van der Waals surface area contributed by atoms with Crippen LogP contribution in [0.1, 0.15) is 101 Å². The van der Waals surface area contributed by atoms with E-state index in [-0.39, 0.29) is 43.4 Å². The van der Waals surface area contributed by atoms with E-state index in [2.05, 4.69) is 67.6 Å². The quantitative estimate of drug-likeness (QED) is 0.0384. The van der Waals surface area contributed by atoms with Crippen molar-refractivity contribution in [2.75, 3.05) is 41.8 Å². The van der Waals surface area contributed by atoms with Gasteiger partial charge in [-0.3, -0.25) is 0 Å². The van der Waals surface area contributed by atoms with Crippen LogP contribution in [-0.2, 0) is 42.1 Å². The van der Waals surface area contributed by atoms with Gasteiger partial charge in [-0.25, -0.2) is 4.79 Å². The lowest BCUT2D eigenvalue weighted by molar-refractivity contribution is -0.376. The number of hydrogen-bond acceptors (Lipinski definition) is 12. The molecule has 0 amide bonds. The number of ether oxygens (including phenoxy) is 6. The monoisotopic (exact) mass is 839 g/mol. The third-order valence-corrected chi connectivity index (χ3v) is 22.1. The van der Waals surface area contributed by atoms with E-state index in [1.54, 1.807) is 28.1 Å². The first kappa shape index (κ1) is 53.2. The van der Waals surface area contributed by atoms with E-state index in [0.717, 1.165) is 30.1 Å². The Morgan fingerprint density at radius 3 is 2.00 bits per heavy atom. The molecule has 1 aliphatic rings.